The Hall–Kier alpha value is -2.35. The van der Waals surface area contributed by atoms with Gasteiger partial charge < -0.3 is 14.2 Å². The van der Waals surface area contributed by atoms with Crippen LogP contribution in [0.5, 0.6) is 0 Å². The van der Waals surface area contributed by atoms with E-state index in [0.717, 1.165) is 16.7 Å². The van der Waals surface area contributed by atoms with Crippen molar-refractivity contribution in [2.75, 3.05) is 13.2 Å². The molecule has 1 aliphatic rings. The molecule has 0 aliphatic carbocycles. The standard InChI is InChI=1S/C29H35O7P/c1-28(2)35-27(29(3,36-28)23-31-19-24-13-7-4-8-14-24)22-34-37(30,32-20-25-15-9-5-10-16-25)33-21-26-17-11-6-12-18-26/h4-18,27H,19-23H2,1-3H3/t27-,29+/m1/s1. The van der Waals surface area contributed by atoms with Crippen LogP contribution in [0, 0.1) is 0 Å². The van der Waals surface area contributed by atoms with E-state index in [4.69, 9.17) is 27.8 Å². The molecule has 1 heterocycles. The predicted octanol–water partition coefficient (Wildman–Crippen LogP) is 6.67. The van der Waals surface area contributed by atoms with Crippen LogP contribution in [0.4, 0.5) is 0 Å². The number of hydrogen-bond donors (Lipinski definition) is 0. The number of benzene rings is 3. The number of ether oxygens (including phenoxy) is 3. The average molecular weight is 527 g/mol. The molecule has 4 rings (SSSR count). The van der Waals surface area contributed by atoms with Gasteiger partial charge in [-0.15, -0.1) is 0 Å². The van der Waals surface area contributed by atoms with Crippen LogP contribution in [0.25, 0.3) is 0 Å². The SMILES string of the molecule is CC1(C)O[C@H](COP(=O)(OCc2ccccc2)OCc2ccccc2)[C@](C)(COCc2ccccc2)O1. The third-order valence-electron chi connectivity index (χ3n) is 5.93. The molecule has 0 aromatic heterocycles. The maximum atomic E-state index is 13.7. The van der Waals surface area contributed by atoms with Crippen molar-refractivity contribution in [1.29, 1.82) is 0 Å². The minimum absolute atomic E-state index is 0.0600. The second-order valence-electron chi connectivity index (χ2n) is 9.66. The van der Waals surface area contributed by atoms with Gasteiger partial charge in [-0.25, -0.2) is 4.57 Å². The molecule has 2 atom stereocenters. The molecule has 1 fully saturated rings. The maximum Gasteiger partial charge on any atom is 0.475 e. The molecule has 0 spiro atoms. The van der Waals surface area contributed by atoms with Gasteiger partial charge in [-0.3, -0.25) is 13.6 Å². The first-order chi connectivity index (χ1) is 17.8. The Morgan fingerprint density at radius 2 is 1.16 bits per heavy atom. The van der Waals surface area contributed by atoms with Crippen LogP contribution < -0.4 is 0 Å². The van der Waals surface area contributed by atoms with E-state index in [1.165, 1.54) is 0 Å². The minimum atomic E-state index is -3.95. The second kappa shape index (κ2) is 12.5. The lowest BCUT2D eigenvalue weighted by molar-refractivity contribution is -0.171. The van der Waals surface area contributed by atoms with Gasteiger partial charge in [0, 0.05) is 0 Å². The summed E-state index contributed by atoms with van der Waals surface area (Å²) in [4.78, 5) is 0. The third-order valence-corrected chi connectivity index (χ3v) is 7.29. The van der Waals surface area contributed by atoms with Crippen molar-refractivity contribution in [1.82, 2.24) is 0 Å². The molecular weight excluding hydrogens is 491 g/mol. The van der Waals surface area contributed by atoms with Crippen molar-refractivity contribution in [3.8, 4) is 0 Å². The highest BCUT2D eigenvalue weighted by Gasteiger charge is 2.51. The van der Waals surface area contributed by atoms with Crippen molar-refractivity contribution in [2.24, 2.45) is 0 Å². The normalized spacial score (nSPS) is 21.2. The van der Waals surface area contributed by atoms with Gasteiger partial charge >= 0.3 is 7.82 Å². The van der Waals surface area contributed by atoms with E-state index >= 15 is 0 Å². The summed E-state index contributed by atoms with van der Waals surface area (Å²) in [5.41, 5.74) is 1.94. The van der Waals surface area contributed by atoms with E-state index in [-0.39, 0.29) is 26.4 Å². The first-order valence-electron chi connectivity index (χ1n) is 12.4. The monoisotopic (exact) mass is 526 g/mol. The molecule has 0 N–H and O–H groups in total. The van der Waals surface area contributed by atoms with Gasteiger partial charge in [0.1, 0.15) is 11.7 Å². The molecule has 0 amide bonds. The zero-order valence-corrected chi connectivity index (χ0v) is 22.5. The highest BCUT2D eigenvalue weighted by Crippen LogP contribution is 2.52. The topological polar surface area (TPSA) is 72.5 Å². The first kappa shape index (κ1) is 27.7. The van der Waals surface area contributed by atoms with Gasteiger partial charge in [-0.05, 0) is 37.5 Å². The fourth-order valence-corrected chi connectivity index (χ4v) is 5.28. The molecule has 1 aliphatic heterocycles. The van der Waals surface area contributed by atoms with Gasteiger partial charge in [0.05, 0.1) is 33.0 Å². The summed E-state index contributed by atoms with van der Waals surface area (Å²) in [6.07, 6.45) is -0.563. The second-order valence-corrected chi connectivity index (χ2v) is 11.3. The average Bonchev–Trinajstić information content (AvgIpc) is 3.15. The molecule has 3 aromatic rings. The van der Waals surface area contributed by atoms with Crippen LogP contribution in [0.1, 0.15) is 37.5 Å². The third kappa shape index (κ3) is 8.32. The molecule has 7 nitrogen and oxygen atoms in total. The maximum absolute atomic E-state index is 13.7. The molecule has 37 heavy (non-hydrogen) atoms. The Labute approximate surface area is 219 Å². The Kier molecular flexibility index (Phi) is 9.32. The quantitative estimate of drug-likeness (QED) is 0.230. The van der Waals surface area contributed by atoms with Crippen LogP contribution in [-0.4, -0.2) is 30.7 Å². The zero-order chi connectivity index (χ0) is 26.2. The molecule has 198 valence electrons. The fourth-order valence-electron chi connectivity index (χ4n) is 4.12. The van der Waals surface area contributed by atoms with Crippen LogP contribution in [-0.2, 0) is 52.2 Å². The lowest BCUT2D eigenvalue weighted by Crippen LogP contribution is -2.44. The highest BCUT2D eigenvalue weighted by atomic mass is 31.2. The number of phosphoric ester groups is 1. The van der Waals surface area contributed by atoms with Gasteiger partial charge in [-0.2, -0.15) is 0 Å². The van der Waals surface area contributed by atoms with E-state index in [9.17, 15) is 4.57 Å². The predicted molar refractivity (Wildman–Crippen MR) is 141 cm³/mol. The lowest BCUT2D eigenvalue weighted by atomic mass is 10.0. The number of hydrogen-bond acceptors (Lipinski definition) is 7. The summed E-state index contributed by atoms with van der Waals surface area (Å²) in [7, 11) is -3.95. The van der Waals surface area contributed by atoms with E-state index in [0.29, 0.717) is 6.61 Å². The lowest BCUT2D eigenvalue weighted by Gasteiger charge is -2.29. The van der Waals surface area contributed by atoms with Crippen molar-refractivity contribution >= 4 is 7.82 Å². The van der Waals surface area contributed by atoms with Crippen molar-refractivity contribution in [2.45, 2.75) is 58.1 Å². The number of rotatable bonds is 13. The van der Waals surface area contributed by atoms with Crippen LogP contribution >= 0.6 is 7.82 Å². The minimum Gasteiger partial charge on any atom is -0.374 e. The smallest absolute Gasteiger partial charge is 0.374 e. The Balaban J connectivity index is 1.41. The molecule has 3 aromatic carbocycles. The largest absolute Gasteiger partial charge is 0.475 e. The number of phosphoric acid groups is 1. The molecule has 8 heteroatoms. The van der Waals surface area contributed by atoms with Crippen molar-refractivity contribution in [3.05, 3.63) is 108 Å². The molecule has 0 radical (unpaired) electrons. The zero-order valence-electron chi connectivity index (χ0n) is 21.6. The van der Waals surface area contributed by atoms with Gasteiger partial charge in [0.2, 0.25) is 0 Å². The van der Waals surface area contributed by atoms with Crippen LogP contribution in [0.15, 0.2) is 91.0 Å². The summed E-state index contributed by atoms with van der Waals surface area (Å²) in [6, 6.07) is 28.8. The van der Waals surface area contributed by atoms with E-state index in [1.807, 2.05) is 112 Å². The fraction of sp³-hybridized carbons (Fsp3) is 0.379. The van der Waals surface area contributed by atoms with E-state index in [1.54, 1.807) is 0 Å². The molecular formula is C29H35O7P. The summed E-state index contributed by atoms with van der Waals surface area (Å²) >= 11 is 0. The van der Waals surface area contributed by atoms with Crippen molar-refractivity contribution < 1.29 is 32.3 Å². The first-order valence-corrected chi connectivity index (χ1v) is 13.8. The van der Waals surface area contributed by atoms with Gasteiger partial charge in [-0.1, -0.05) is 91.0 Å². The summed E-state index contributed by atoms with van der Waals surface area (Å²) in [6.45, 7) is 6.37. The van der Waals surface area contributed by atoms with Crippen molar-refractivity contribution in [3.63, 3.8) is 0 Å². The van der Waals surface area contributed by atoms with E-state index in [2.05, 4.69) is 0 Å². The van der Waals surface area contributed by atoms with Crippen LogP contribution in [0.3, 0.4) is 0 Å². The highest BCUT2D eigenvalue weighted by molar-refractivity contribution is 7.48. The molecule has 0 bridgehead atoms. The van der Waals surface area contributed by atoms with E-state index < -0.39 is 25.3 Å². The summed E-state index contributed by atoms with van der Waals surface area (Å²) in [5.74, 6) is -0.862. The summed E-state index contributed by atoms with van der Waals surface area (Å²) < 4.78 is 49.4. The van der Waals surface area contributed by atoms with Gasteiger partial charge in [0.15, 0.2) is 5.79 Å². The Bertz CT molecular complexity index is 1090. The molecule has 1 saturated heterocycles. The van der Waals surface area contributed by atoms with Crippen LogP contribution in [0.2, 0.25) is 0 Å². The molecule has 0 saturated carbocycles. The molecule has 0 unspecified atom stereocenters. The summed E-state index contributed by atoms with van der Waals surface area (Å²) in [5, 5.41) is 0. The van der Waals surface area contributed by atoms with Gasteiger partial charge in [0.25, 0.3) is 0 Å². The Morgan fingerprint density at radius 3 is 1.65 bits per heavy atom. The Morgan fingerprint density at radius 1 is 0.703 bits per heavy atom.